The number of carbonyl (C=O) groups is 2. The summed E-state index contributed by atoms with van der Waals surface area (Å²) in [6.07, 6.45) is 8.28. The monoisotopic (exact) mass is 368 g/mol. The van der Waals surface area contributed by atoms with Gasteiger partial charge in [0.15, 0.2) is 0 Å². The summed E-state index contributed by atoms with van der Waals surface area (Å²) < 4.78 is 0.738. The highest BCUT2D eigenvalue weighted by molar-refractivity contribution is 7.16. The van der Waals surface area contributed by atoms with E-state index in [4.69, 9.17) is 11.6 Å². The molecular weight excluding hydrogens is 344 g/mol. The van der Waals surface area contributed by atoms with Crippen molar-refractivity contribution in [3.05, 3.63) is 21.3 Å². The van der Waals surface area contributed by atoms with Crippen LogP contribution in [0.2, 0.25) is 4.34 Å². The number of thiophene rings is 1. The highest BCUT2D eigenvalue weighted by Gasteiger charge is 2.34. The lowest BCUT2D eigenvalue weighted by Gasteiger charge is -2.37. The van der Waals surface area contributed by atoms with Gasteiger partial charge in [-0.25, -0.2) is 0 Å². The van der Waals surface area contributed by atoms with Crippen LogP contribution >= 0.6 is 22.9 Å². The number of rotatable bonds is 4. The van der Waals surface area contributed by atoms with Gasteiger partial charge in [0.25, 0.3) is 0 Å². The van der Waals surface area contributed by atoms with Gasteiger partial charge in [-0.15, -0.1) is 11.3 Å². The summed E-state index contributed by atoms with van der Waals surface area (Å²) in [4.78, 5) is 27.9. The number of likely N-dealkylation sites (tertiary alicyclic amines) is 1. The van der Waals surface area contributed by atoms with Gasteiger partial charge in [0.2, 0.25) is 11.8 Å². The van der Waals surface area contributed by atoms with Crippen LogP contribution in [0.1, 0.15) is 56.2 Å². The second-order valence-corrected chi connectivity index (χ2v) is 8.65. The molecule has 2 fully saturated rings. The number of amides is 2. The van der Waals surface area contributed by atoms with Crippen molar-refractivity contribution in [2.75, 3.05) is 6.54 Å². The normalized spacial score (nSPS) is 23.1. The molecule has 2 heterocycles. The molecule has 0 radical (unpaired) electrons. The van der Waals surface area contributed by atoms with Crippen molar-refractivity contribution in [3.8, 4) is 0 Å². The minimum Gasteiger partial charge on any atom is -0.351 e. The molecule has 1 saturated heterocycles. The third kappa shape index (κ3) is 4.51. The molecule has 1 aliphatic carbocycles. The average molecular weight is 369 g/mol. The first-order chi connectivity index (χ1) is 11.6. The Bertz CT molecular complexity index is 581. The Hall–Kier alpha value is -1.07. The number of carbonyl (C=O) groups excluding carboxylic acids is 2. The minimum atomic E-state index is -0.0820. The first-order valence-electron chi connectivity index (χ1n) is 8.95. The van der Waals surface area contributed by atoms with E-state index >= 15 is 0 Å². The highest BCUT2D eigenvalue weighted by atomic mass is 35.5. The minimum absolute atomic E-state index is 0.0608. The molecule has 24 heavy (non-hydrogen) atoms. The molecule has 2 aliphatic rings. The molecule has 0 unspecified atom stereocenters. The lowest BCUT2D eigenvalue weighted by Crippen LogP contribution is -2.49. The van der Waals surface area contributed by atoms with Crippen LogP contribution in [0.5, 0.6) is 0 Å². The third-order valence-corrected chi connectivity index (χ3v) is 6.38. The fourth-order valence-electron chi connectivity index (χ4n) is 3.77. The largest absolute Gasteiger partial charge is 0.351 e. The molecule has 0 spiro atoms. The molecule has 132 valence electrons. The van der Waals surface area contributed by atoms with Gasteiger partial charge < -0.3 is 10.2 Å². The van der Waals surface area contributed by atoms with Crippen LogP contribution in [0.15, 0.2) is 12.1 Å². The van der Waals surface area contributed by atoms with Crippen LogP contribution in [0.25, 0.3) is 0 Å². The van der Waals surface area contributed by atoms with Gasteiger partial charge in [-0.3, -0.25) is 9.59 Å². The maximum atomic E-state index is 12.5. The van der Waals surface area contributed by atoms with Gasteiger partial charge in [0.05, 0.1) is 16.8 Å². The summed E-state index contributed by atoms with van der Waals surface area (Å²) in [5.41, 5.74) is 0. The van der Waals surface area contributed by atoms with Crippen LogP contribution in [-0.2, 0) is 16.1 Å². The fraction of sp³-hybridized carbons (Fsp3) is 0.667. The molecule has 2 amide bonds. The number of nitrogens with one attached hydrogen (secondary N) is 1. The van der Waals surface area contributed by atoms with Crippen LogP contribution in [-0.4, -0.2) is 29.3 Å². The lowest BCUT2D eigenvalue weighted by molar-refractivity contribution is -0.141. The van der Waals surface area contributed by atoms with E-state index < -0.39 is 0 Å². The summed E-state index contributed by atoms with van der Waals surface area (Å²) in [7, 11) is 0. The molecule has 6 heteroatoms. The molecule has 1 atom stereocenters. The Morgan fingerprint density at radius 2 is 1.96 bits per heavy atom. The van der Waals surface area contributed by atoms with Gasteiger partial charge in [-0.1, -0.05) is 37.3 Å². The Morgan fingerprint density at radius 1 is 1.21 bits per heavy atom. The van der Waals surface area contributed by atoms with E-state index in [9.17, 15) is 9.59 Å². The molecule has 1 aromatic heterocycles. The van der Waals surface area contributed by atoms with E-state index in [1.807, 2.05) is 17.0 Å². The molecular formula is C18H25ClN2O2S. The molecule has 1 saturated carbocycles. The maximum absolute atomic E-state index is 12.5. The van der Waals surface area contributed by atoms with Crippen molar-refractivity contribution in [2.45, 2.75) is 64.0 Å². The van der Waals surface area contributed by atoms with Crippen LogP contribution in [0.3, 0.4) is 0 Å². The molecule has 0 bridgehead atoms. The highest BCUT2D eigenvalue weighted by Crippen LogP contribution is 2.27. The zero-order chi connectivity index (χ0) is 16.9. The van der Waals surface area contributed by atoms with Gasteiger partial charge in [0.1, 0.15) is 0 Å². The summed E-state index contributed by atoms with van der Waals surface area (Å²) in [5, 5.41) is 3.01. The predicted octanol–water partition coefficient (Wildman–Crippen LogP) is 3.98. The van der Waals surface area contributed by atoms with Gasteiger partial charge in [0, 0.05) is 23.9 Å². The van der Waals surface area contributed by atoms with Crippen LogP contribution < -0.4 is 5.32 Å². The zero-order valence-corrected chi connectivity index (χ0v) is 15.5. The van der Waals surface area contributed by atoms with Crippen molar-refractivity contribution in [1.29, 1.82) is 0 Å². The van der Waals surface area contributed by atoms with E-state index in [1.165, 1.54) is 37.0 Å². The Kier molecular flexibility index (Phi) is 6.17. The molecule has 1 aromatic rings. The lowest BCUT2D eigenvalue weighted by atomic mass is 9.93. The summed E-state index contributed by atoms with van der Waals surface area (Å²) in [6.45, 7) is 1.10. The number of hydrogen-bond acceptors (Lipinski definition) is 3. The Balaban J connectivity index is 1.55. The van der Waals surface area contributed by atoms with Crippen molar-refractivity contribution < 1.29 is 9.59 Å². The van der Waals surface area contributed by atoms with Gasteiger partial charge in [-0.2, -0.15) is 0 Å². The van der Waals surface area contributed by atoms with Crippen molar-refractivity contribution >= 4 is 34.8 Å². The second-order valence-electron chi connectivity index (χ2n) is 6.85. The van der Waals surface area contributed by atoms with E-state index in [1.54, 1.807) is 0 Å². The zero-order valence-electron chi connectivity index (χ0n) is 13.9. The van der Waals surface area contributed by atoms with Crippen molar-refractivity contribution in [2.24, 2.45) is 5.92 Å². The standard InChI is InChI=1S/C18H25ClN2O2S/c19-16-9-8-15(24-16)11-20-18(23)13-7-10-17(22)21(12-13)14-5-3-1-2-4-6-14/h8-9,13-14H,1-7,10-12H2,(H,20,23)/t13-/m1/s1. The second kappa shape index (κ2) is 8.34. The van der Waals surface area contributed by atoms with E-state index in [2.05, 4.69) is 5.32 Å². The molecule has 1 N–H and O–H groups in total. The van der Waals surface area contributed by atoms with Gasteiger partial charge in [-0.05, 0) is 31.4 Å². The van der Waals surface area contributed by atoms with Crippen molar-refractivity contribution in [1.82, 2.24) is 10.2 Å². The average Bonchev–Trinajstić information content (AvgIpc) is 2.83. The van der Waals surface area contributed by atoms with Gasteiger partial charge >= 0.3 is 0 Å². The quantitative estimate of drug-likeness (QED) is 0.817. The Morgan fingerprint density at radius 3 is 2.62 bits per heavy atom. The Labute approximate surface area is 152 Å². The molecule has 3 rings (SSSR count). The number of nitrogens with zero attached hydrogens (tertiary/aromatic N) is 1. The molecule has 4 nitrogen and oxygen atoms in total. The molecule has 1 aliphatic heterocycles. The number of halogens is 1. The van der Waals surface area contributed by atoms with E-state index in [0.29, 0.717) is 32.0 Å². The predicted molar refractivity (Wildman–Crippen MR) is 97.1 cm³/mol. The molecule has 0 aromatic carbocycles. The summed E-state index contributed by atoms with van der Waals surface area (Å²) in [6, 6.07) is 4.13. The number of hydrogen-bond donors (Lipinski definition) is 1. The smallest absolute Gasteiger partial charge is 0.225 e. The first kappa shape index (κ1) is 17.7. The first-order valence-corrected chi connectivity index (χ1v) is 10.1. The summed E-state index contributed by atoms with van der Waals surface area (Å²) >= 11 is 7.41. The fourth-order valence-corrected chi connectivity index (χ4v) is 4.80. The SMILES string of the molecule is O=C(NCc1ccc(Cl)s1)[C@@H]1CCC(=O)N(C2CCCCCC2)C1. The maximum Gasteiger partial charge on any atom is 0.225 e. The van der Waals surface area contributed by atoms with E-state index in [0.717, 1.165) is 22.1 Å². The topological polar surface area (TPSA) is 49.4 Å². The number of piperidine rings is 1. The van der Waals surface area contributed by atoms with Crippen LogP contribution in [0, 0.1) is 5.92 Å². The van der Waals surface area contributed by atoms with Crippen molar-refractivity contribution in [3.63, 3.8) is 0 Å². The summed E-state index contributed by atoms with van der Waals surface area (Å²) in [5.74, 6) is 0.211. The van der Waals surface area contributed by atoms with Crippen LogP contribution in [0.4, 0.5) is 0 Å². The third-order valence-electron chi connectivity index (χ3n) is 5.15. The van der Waals surface area contributed by atoms with E-state index in [-0.39, 0.29) is 17.7 Å².